The number of hydrogen-bond donors (Lipinski definition) is 2. The van der Waals surface area contributed by atoms with Crippen LogP contribution in [0.2, 0.25) is 0 Å². The molecule has 15 nitrogen and oxygen atoms in total. The Morgan fingerprint density at radius 1 is 0.906 bits per heavy atom. The first-order chi connectivity index (χ1) is 30.4. The first kappa shape index (κ1) is 51.7. The fourth-order valence-electron chi connectivity index (χ4n) is 10.6. The van der Waals surface area contributed by atoms with Gasteiger partial charge in [-0.1, -0.05) is 44.6 Å². The number of aliphatic hydroxyl groups excluding tert-OH is 1. The minimum Gasteiger partial charge on any atom is -0.464 e. The summed E-state index contributed by atoms with van der Waals surface area (Å²) in [6.45, 7) is 13.7. The van der Waals surface area contributed by atoms with E-state index >= 15 is 0 Å². The molecule has 1 saturated carbocycles. The summed E-state index contributed by atoms with van der Waals surface area (Å²) >= 11 is 0. The minimum atomic E-state index is -2.47. The largest absolute Gasteiger partial charge is 0.464 e. The summed E-state index contributed by atoms with van der Waals surface area (Å²) < 4.78 is 41.4. The molecule has 5 aliphatic rings. The molecule has 360 valence electrons. The van der Waals surface area contributed by atoms with E-state index in [1.54, 1.807) is 27.0 Å². The maximum Gasteiger partial charge on any atom is 0.335 e. The normalized spacial score (nSPS) is 40.3. The number of ether oxygens (including phenoxy) is 7. The van der Waals surface area contributed by atoms with Crippen molar-refractivity contribution < 1.29 is 67.3 Å². The Hall–Kier alpha value is -3.31. The standard InChI is InChI=1S/C49H75NO14/c1-10-13-34-21-28(2)20-29(3)22-41(59-8)45-42(60-9)24-31(5)49(57,64-45)46(54)47(55)50-18-12-11-14-35(50)26-43(53)63-44(32(6)36(51)27-37(34)52)30(4)23-33-15-16-38(40(25-33)58-7)62-39-17-19-61-48(39)56/h10,21,23,29,31-36,38-42,44-45,51,57H,1,11-20,22,24-27H2,2-9H3/b28-21+,30-23+/t29-,31+,32+,33-,34+,35-,36-,38+,39?,40+,41-,42-,44+,45?,49+/m0/s1. The van der Waals surface area contributed by atoms with Crippen molar-refractivity contribution in [1.82, 2.24) is 4.90 Å². The molecule has 15 atom stereocenters. The van der Waals surface area contributed by atoms with Crippen molar-refractivity contribution in [2.24, 2.45) is 29.6 Å². The number of hydrogen-bond acceptors (Lipinski definition) is 14. The highest BCUT2D eigenvalue weighted by molar-refractivity contribution is 6.38. The van der Waals surface area contributed by atoms with Crippen LogP contribution in [-0.2, 0) is 57.1 Å². The highest BCUT2D eigenvalue weighted by Crippen LogP contribution is 2.39. The van der Waals surface area contributed by atoms with E-state index in [2.05, 4.69) is 6.58 Å². The third-order valence-corrected chi connectivity index (χ3v) is 14.3. The van der Waals surface area contributed by atoms with Crippen LogP contribution in [0.15, 0.2) is 36.0 Å². The number of methoxy groups -OCH3 is 3. The zero-order chi connectivity index (χ0) is 46.9. The zero-order valence-corrected chi connectivity index (χ0v) is 39.4. The molecule has 0 spiro atoms. The van der Waals surface area contributed by atoms with Gasteiger partial charge in [-0.15, -0.1) is 6.58 Å². The number of aliphatic hydroxyl groups is 2. The maximum absolute atomic E-state index is 14.3. The highest BCUT2D eigenvalue weighted by atomic mass is 16.7. The van der Waals surface area contributed by atoms with Gasteiger partial charge in [0.15, 0.2) is 6.10 Å². The fraction of sp³-hybridized carbons (Fsp3) is 0.776. The number of amides is 1. The summed E-state index contributed by atoms with van der Waals surface area (Å²) in [4.78, 5) is 70.2. The summed E-state index contributed by atoms with van der Waals surface area (Å²) in [5.74, 6) is -7.78. The van der Waals surface area contributed by atoms with E-state index in [9.17, 15) is 34.2 Å². The number of carbonyl (C=O) groups is 5. The molecule has 2 unspecified atom stereocenters. The fourth-order valence-corrected chi connectivity index (χ4v) is 10.6. The molecule has 0 aromatic heterocycles. The van der Waals surface area contributed by atoms with Gasteiger partial charge in [0.05, 0.1) is 43.5 Å². The number of ketones is 2. The van der Waals surface area contributed by atoms with Crippen LogP contribution in [0.25, 0.3) is 0 Å². The minimum absolute atomic E-state index is 0.00203. The summed E-state index contributed by atoms with van der Waals surface area (Å²) in [7, 11) is 4.68. The summed E-state index contributed by atoms with van der Waals surface area (Å²) in [5, 5.41) is 23.9. The van der Waals surface area contributed by atoms with Gasteiger partial charge >= 0.3 is 11.9 Å². The molecule has 64 heavy (non-hydrogen) atoms. The molecule has 0 aromatic carbocycles. The van der Waals surface area contributed by atoms with E-state index in [1.165, 1.54) is 19.1 Å². The van der Waals surface area contributed by atoms with E-state index in [-0.39, 0.29) is 61.6 Å². The van der Waals surface area contributed by atoms with Crippen molar-refractivity contribution in [2.75, 3.05) is 34.5 Å². The number of rotatable bonds is 9. The summed E-state index contributed by atoms with van der Waals surface area (Å²) in [6.07, 6.45) is 5.57. The monoisotopic (exact) mass is 902 g/mol. The van der Waals surface area contributed by atoms with Crippen LogP contribution in [0.4, 0.5) is 0 Å². The SMILES string of the molecule is C=CC[C@@H]1/C=C(\C)C[C@H](C)C[C@H](OC)C2O[C@@](O)(C(=O)C(=O)N3CCCC[C@H]3CC(=O)O[C@H](/C(C)=C/[C@@H]3CC[C@@H](OC4CCOC4=O)[C@H](OC)C3)[C@H](C)[C@@H](O)CC1=O)[C@H](C)C[C@@H]2OC. The molecule has 2 bridgehead atoms. The van der Waals surface area contributed by atoms with Crippen molar-refractivity contribution in [3.8, 4) is 0 Å². The lowest BCUT2D eigenvalue weighted by Crippen LogP contribution is -2.64. The quantitative estimate of drug-likeness (QED) is 0.171. The molecule has 0 radical (unpaired) electrons. The number of fused-ring (bicyclic) bond motifs is 3. The van der Waals surface area contributed by atoms with Crippen LogP contribution < -0.4 is 0 Å². The topological polar surface area (TPSA) is 194 Å². The van der Waals surface area contributed by atoms with Gasteiger partial charge < -0.3 is 48.3 Å². The molecule has 0 aromatic rings. The number of nitrogens with zero attached hydrogens (tertiary/aromatic N) is 1. The van der Waals surface area contributed by atoms with Crippen molar-refractivity contribution in [1.29, 1.82) is 0 Å². The van der Waals surface area contributed by atoms with Crippen LogP contribution in [-0.4, -0.2) is 140 Å². The van der Waals surface area contributed by atoms with Gasteiger partial charge in [-0.25, -0.2) is 4.79 Å². The zero-order valence-electron chi connectivity index (χ0n) is 39.4. The molecule has 15 heteroatoms. The van der Waals surface area contributed by atoms with E-state index in [4.69, 9.17) is 33.2 Å². The third-order valence-electron chi connectivity index (χ3n) is 14.3. The second-order valence-electron chi connectivity index (χ2n) is 19.2. The van der Waals surface area contributed by atoms with Crippen molar-refractivity contribution in [2.45, 2.75) is 179 Å². The molecular weight excluding hydrogens is 827 g/mol. The van der Waals surface area contributed by atoms with Crippen molar-refractivity contribution >= 4 is 29.4 Å². The van der Waals surface area contributed by atoms with Crippen LogP contribution in [0.1, 0.15) is 118 Å². The lowest BCUT2D eigenvalue weighted by Gasteiger charge is -2.47. The Morgan fingerprint density at radius 3 is 2.27 bits per heavy atom. The van der Waals surface area contributed by atoms with Crippen LogP contribution in [0.3, 0.4) is 0 Å². The number of piperidine rings is 1. The van der Waals surface area contributed by atoms with Gasteiger partial charge in [-0.2, -0.15) is 0 Å². The molecule has 5 rings (SSSR count). The summed E-state index contributed by atoms with van der Waals surface area (Å²) in [6, 6.07) is -0.704. The number of cyclic esters (lactones) is 2. The first-order valence-electron chi connectivity index (χ1n) is 23.5. The summed E-state index contributed by atoms with van der Waals surface area (Å²) in [5.41, 5.74) is 1.63. The lowest BCUT2D eigenvalue weighted by atomic mass is 9.81. The molecule has 1 aliphatic carbocycles. The van der Waals surface area contributed by atoms with Gasteiger partial charge in [0.2, 0.25) is 5.79 Å². The van der Waals surface area contributed by atoms with E-state index < -0.39 is 83.9 Å². The third kappa shape index (κ3) is 12.6. The van der Waals surface area contributed by atoms with Crippen LogP contribution in [0, 0.1) is 29.6 Å². The van der Waals surface area contributed by atoms with E-state index in [0.717, 1.165) is 5.57 Å². The average Bonchev–Trinajstić information content (AvgIpc) is 3.67. The average molecular weight is 902 g/mol. The maximum atomic E-state index is 14.3. The van der Waals surface area contributed by atoms with E-state index in [0.29, 0.717) is 76.4 Å². The van der Waals surface area contributed by atoms with Crippen LogP contribution >= 0.6 is 0 Å². The van der Waals surface area contributed by atoms with Crippen LogP contribution in [0.5, 0.6) is 0 Å². The molecule has 4 fully saturated rings. The molecule has 1 amide bonds. The van der Waals surface area contributed by atoms with Gasteiger partial charge in [0, 0.05) is 64.5 Å². The second-order valence-corrected chi connectivity index (χ2v) is 19.2. The molecule has 2 N–H and O–H groups in total. The molecular formula is C49H75NO14. The number of allylic oxidation sites excluding steroid dienone is 4. The van der Waals surface area contributed by atoms with Crippen molar-refractivity contribution in [3.63, 3.8) is 0 Å². The Balaban J connectivity index is 1.47. The highest BCUT2D eigenvalue weighted by Gasteiger charge is 2.56. The predicted octanol–water partition coefficient (Wildman–Crippen LogP) is 5.37. The molecule has 3 saturated heterocycles. The number of Topliss-reactive ketones (excluding diaryl/α,β-unsaturated/α-hetero) is 2. The lowest BCUT2D eigenvalue weighted by molar-refractivity contribution is -0.302. The Labute approximate surface area is 379 Å². The number of carbonyl (C=O) groups excluding carboxylic acids is 5. The molecule has 4 aliphatic heterocycles. The first-order valence-corrected chi connectivity index (χ1v) is 23.5. The smallest absolute Gasteiger partial charge is 0.335 e. The van der Waals surface area contributed by atoms with Gasteiger partial charge in [0.1, 0.15) is 18.0 Å². The molecule has 4 heterocycles. The predicted molar refractivity (Wildman–Crippen MR) is 235 cm³/mol. The Kier molecular flexibility index (Phi) is 18.9. The van der Waals surface area contributed by atoms with E-state index in [1.807, 2.05) is 32.9 Å². The Morgan fingerprint density at radius 2 is 1.61 bits per heavy atom. The van der Waals surface area contributed by atoms with Gasteiger partial charge in [0.25, 0.3) is 11.7 Å². The number of esters is 2. The van der Waals surface area contributed by atoms with Gasteiger partial charge in [-0.05, 0) is 95.5 Å². The van der Waals surface area contributed by atoms with Crippen molar-refractivity contribution in [3.05, 3.63) is 36.0 Å². The second kappa shape index (κ2) is 23.4. The Bertz CT molecular complexity index is 1710. The van der Waals surface area contributed by atoms with Gasteiger partial charge in [-0.3, -0.25) is 19.2 Å².